The zero-order valence-corrected chi connectivity index (χ0v) is 16.6. The summed E-state index contributed by atoms with van der Waals surface area (Å²) in [4.78, 5) is 14.0. The Hall–Kier alpha value is -2.54. The Labute approximate surface area is 168 Å². The molecule has 0 radical (unpaired) electrons. The minimum Gasteiger partial charge on any atom is -0.405 e. The molecule has 4 nitrogen and oxygen atoms in total. The summed E-state index contributed by atoms with van der Waals surface area (Å²) in [5.41, 5.74) is 1.81. The average Bonchev–Trinajstić information content (AvgIpc) is 2.64. The number of piperidine rings is 1. The molecule has 2 aromatic carbocycles. The van der Waals surface area contributed by atoms with Gasteiger partial charge < -0.3 is 10.1 Å². The van der Waals surface area contributed by atoms with E-state index in [1.54, 1.807) is 25.1 Å². The Morgan fingerprint density at radius 2 is 1.72 bits per heavy atom. The number of nitrogens with one attached hydrogen (secondary N) is 1. The van der Waals surface area contributed by atoms with Gasteiger partial charge in [0.25, 0.3) is 0 Å². The summed E-state index contributed by atoms with van der Waals surface area (Å²) in [6.07, 6.45) is -3.09. The Balaban J connectivity index is 1.63. The van der Waals surface area contributed by atoms with Crippen molar-refractivity contribution < 1.29 is 22.7 Å². The number of nitrogens with zero attached hydrogens (tertiary/aromatic N) is 1. The maximum atomic E-state index is 12.6. The number of hydrogen-bond donors (Lipinski definition) is 1. The topological polar surface area (TPSA) is 41.6 Å². The molecule has 1 aliphatic heterocycles. The van der Waals surface area contributed by atoms with Crippen LogP contribution in [0.15, 0.2) is 48.5 Å². The molecule has 1 aliphatic rings. The van der Waals surface area contributed by atoms with Crippen molar-refractivity contribution in [2.45, 2.75) is 45.1 Å². The van der Waals surface area contributed by atoms with Gasteiger partial charge in [-0.15, -0.1) is 13.2 Å². The smallest absolute Gasteiger partial charge is 0.405 e. The maximum absolute atomic E-state index is 12.6. The number of carbonyl (C=O) groups is 1. The Morgan fingerprint density at radius 1 is 1.10 bits per heavy atom. The molecular formula is C22H25F3N2O2. The van der Waals surface area contributed by atoms with Crippen LogP contribution >= 0.6 is 0 Å². The minimum absolute atomic E-state index is 0.00964. The van der Waals surface area contributed by atoms with Gasteiger partial charge in [-0.25, -0.2) is 0 Å². The molecule has 0 amide bonds. The van der Waals surface area contributed by atoms with E-state index in [9.17, 15) is 18.0 Å². The highest BCUT2D eigenvalue weighted by atomic mass is 19.4. The van der Waals surface area contributed by atoms with E-state index in [0.29, 0.717) is 17.7 Å². The van der Waals surface area contributed by atoms with Crippen molar-refractivity contribution in [3.8, 4) is 5.75 Å². The Bertz CT molecular complexity index is 859. The number of para-hydroxylation sites is 2. The maximum Gasteiger partial charge on any atom is 0.573 e. The van der Waals surface area contributed by atoms with Gasteiger partial charge in [-0.1, -0.05) is 30.3 Å². The standard InChI is InChI=1S/C22H25F3N2O2/c1-16(28)18-8-4-5-9-19(18)26-21(2)11-13-27(14-12-21)15-17-7-3-6-10-20(17)29-22(23,24)25/h3-10,26H,11-15H2,1-2H3. The highest BCUT2D eigenvalue weighted by Crippen LogP contribution is 2.31. The lowest BCUT2D eigenvalue weighted by Crippen LogP contribution is -2.47. The minimum atomic E-state index is -4.70. The summed E-state index contributed by atoms with van der Waals surface area (Å²) >= 11 is 0. The van der Waals surface area contributed by atoms with Gasteiger partial charge in [-0.05, 0) is 44.9 Å². The zero-order valence-electron chi connectivity index (χ0n) is 16.6. The number of alkyl halides is 3. The highest BCUT2D eigenvalue weighted by molar-refractivity contribution is 5.99. The lowest BCUT2D eigenvalue weighted by atomic mass is 9.88. The van der Waals surface area contributed by atoms with E-state index in [0.717, 1.165) is 31.6 Å². The number of anilines is 1. The van der Waals surface area contributed by atoms with Crippen molar-refractivity contribution in [3.63, 3.8) is 0 Å². The van der Waals surface area contributed by atoms with Crippen LogP contribution in [0.1, 0.15) is 42.6 Å². The molecule has 0 bridgehead atoms. The number of carbonyl (C=O) groups excluding carboxylic acids is 1. The summed E-state index contributed by atoms with van der Waals surface area (Å²) in [7, 11) is 0. The number of rotatable bonds is 6. The fourth-order valence-electron chi connectivity index (χ4n) is 3.65. The molecule has 1 fully saturated rings. The number of halogens is 3. The second-order valence-corrected chi connectivity index (χ2v) is 7.72. The van der Waals surface area contributed by atoms with Gasteiger partial charge in [0.1, 0.15) is 5.75 Å². The van der Waals surface area contributed by atoms with Gasteiger partial charge in [-0.2, -0.15) is 0 Å². The predicted molar refractivity (Wildman–Crippen MR) is 106 cm³/mol. The molecule has 0 aromatic heterocycles. The summed E-state index contributed by atoms with van der Waals surface area (Å²) in [6.45, 7) is 5.51. The average molecular weight is 406 g/mol. The summed E-state index contributed by atoms with van der Waals surface area (Å²) < 4.78 is 42.0. The molecule has 0 atom stereocenters. The first-order valence-electron chi connectivity index (χ1n) is 9.59. The number of hydrogen-bond acceptors (Lipinski definition) is 4. The SMILES string of the molecule is CC(=O)c1ccccc1NC1(C)CCN(Cc2ccccc2OC(F)(F)F)CC1. The van der Waals surface area contributed by atoms with Crippen molar-refractivity contribution in [2.24, 2.45) is 0 Å². The van der Waals surface area contributed by atoms with Crippen LogP contribution in [0.4, 0.5) is 18.9 Å². The van der Waals surface area contributed by atoms with E-state index in [-0.39, 0.29) is 17.1 Å². The first-order valence-corrected chi connectivity index (χ1v) is 9.59. The van der Waals surface area contributed by atoms with Crippen LogP contribution in [0, 0.1) is 0 Å². The quantitative estimate of drug-likeness (QED) is 0.665. The predicted octanol–water partition coefficient (Wildman–Crippen LogP) is 5.25. The van der Waals surface area contributed by atoms with Crippen LogP contribution in [0.3, 0.4) is 0 Å². The van der Waals surface area contributed by atoms with Crippen molar-refractivity contribution >= 4 is 11.5 Å². The molecule has 1 N–H and O–H groups in total. The number of ether oxygens (including phenoxy) is 1. The van der Waals surface area contributed by atoms with Gasteiger partial charge in [0.15, 0.2) is 5.78 Å². The summed E-state index contributed by atoms with van der Waals surface area (Å²) in [5, 5.41) is 3.51. The van der Waals surface area contributed by atoms with Gasteiger partial charge in [0.05, 0.1) is 0 Å². The van der Waals surface area contributed by atoms with Crippen LogP contribution < -0.4 is 10.1 Å². The molecule has 0 unspecified atom stereocenters. The second-order valence-electron chi connectivity index (χ2n) is 7.72. The third-order valence-corrected chi connectivity index (χ3v) is 5.29. The highest BCUT2D eigenvalue weighted by Gasteiger charge is 2.33. The summed E-state index contributed by atoms with van der Waals surface area (Å²) in [5.74, 6) is -0.141. The van der Waals surface area contributed by atoms with Gasteiger partial charge in [-0.3, -0.25) is 9.69 Å². The fraction of sp³-hybridized carbons (Fsp3) is 0.409. The molecule has 0 spiro atoms. The molecule has 3 rings (SSSR count). The van der Waals surface area contributed by atoms with Crippen LogP contribution in [-0.4, -0.2) is 35.7 Å². The lowest BCUT2D eigenvalue weighted by Gasteiger charge is -2.41. The van der Waals surface area contributed by atoms with Crippen LogP contribution in [0.2, 0.25) is 0 Å². The summed E-state index contributed by atoms with van der Waals surface area (Å²) in [6, 6.07) is 13.7. The Kier molecular flexibility index (Phi) is 6.17. The Morgan fingerprint density at radius 3 is 2.38 bits per heavy atom. The van der Waals surface area contributed by atoms with Crippen LogP contribution in [-0.2, 0) is 6.54 Å². The lowest BCUT2D eigenvalue weighted by molar-refractivity contribution is -0.275. The number of likely N-dealkylation sites (tertiary alicyclic amines) is 1. The zero-order chi connectivity index (χ0) is 21.1. The molecule has 29 heavy (non-hydrogen) atoms. The largest absolute Gasteiger partial charge is 0.573 e. The molecule has 7 heteroatoms. The van der Waals surface area contributed by atoms with E-state index >= 15 is 0 Å². The fourth-order valence-corrected chi connectivity index (χ4v) is 3.65. The molecule has 1 heterocycles. The first kappa shape index (κ1) is 21.2. The van der Waals surface area contributed by atoms with Crippen LogP contribution in [0.5, 0.6) is 5.75 Å². The number of Topliss-reactive ketones (excluding diaryl/α,β-unsaturated/α-hetero) is 1. The second kappa shape index (κ2) is 8.45. The van der Waals surface area contributed by atoms with E-state index in [4.69, 9.17) is 0 Å². The first-order chi connectivity index (χ1) is 13.7. The van der Waals surface area contributed by atoms with Crippen LogP contribution in [0.25, 0.3) is 0 Å². The van der Waals surface area contributed by atoms with Crippen molar-refractivity contribution in [1.29, 1.82) is 0 Å². The van der Waals surface area contributed by atoms with Gasteiger partial charge in [0.2, 0.25) is 0 Å². The monoisotopic (exact) mass is 406 g/mol. The molecular weight excluding hydrogens is 381 g/mol. The van der Waals surface area contributed by atoms with Gasteiger partial charge in [0, 0.05) is 42.0 Å². The van der Waals surface area contributed by atoms with E-state index in [1.807, 2.05) is 18.2 Å². The van der Waals surface area contributed by atoms with E-state index < -0.39 is 6.36 Å². The third kappa shape index (κ3) is 5.73. The van der Waals surface area contributed by atoms with Crippen molar-refractivity contribution in [3.05, 3.63) is 59.7 Å². The molecule has 2 aromatic rings. The molecule has 1 saturated heterocycles. The van der Waals surface area contributed by atoms with Gasteiger partial charge >= 0.3 is 6.36 Å². The number of benzene rings is 2. The number of ketones is 1. The third-order valence-electron chi connectivity index (χ3n) is 5.29. The van der Waals surface area contributed by atoms with E-state index in [1.165, 1.54) is 12.1 Å². The molecule has 0 saturated carbocycles. The van der Waals surface area contributed by atoms with E-state index in [2.05, 4.69) is 21.9 Å². The molecule has 156 valence electrons. The van der Waals surface area contributed by atoms with Crippen molar-refractivity contribution in [2.75, 3.05) is 18.4 Å². The normalized spacial score (nSPS) is 17.0. The van der Waals surface area contributed by atoms with Crippen molar-refractivity contribution in [1.82, 2.24) is 4.90 Å². The molecule has 0 aliphatic carbocycles.